The number of pyridine rings is 1. The predicted octanol–water partition coefficient (Wildman–Crippen LogP) is 3.94. The molecule has 0 saturated carbocycles. The largest absolute Gasteiger partial charge is 0.378 e. The third-order valence-electron chi connectivity index (χ3n) is 5.52. The second-order valence-electron chi connectivity index (χ2n) is 7.59. The van der Waals surface area contributed by atoms with Gasteiger partial charge >= 0.3 is 0 Å². The highest BCUT2D eigenvalue weighted by molar-refractivity contribution is 6.32. The first-order valence-electron chi connectivity index (χ1n) is 10.1. The van der Waals surface area contributed by atoms with E-state index in [4.69, 9.17) is 16.3 Å². The van der Waals surface area contributed by atoms with Gasteiger partial charge in [0.15, 0.2) is 11.6 Å². The van der Waals surface area contributed by atoms with Crippen LogP contribution in [0, 0.1) is 17.6 Å². The standard InChI is InChI=1S/C22H17ClF3N5O2/c1-29-11-14(21(26)28-29)13-2-3-15(24)18(25)17(13)19-20(23)31-5-4-12(10-16(31)27-19)22(32)30-6-8-33-9-7-30/h2-5,10-11H,6-9H2,1H3. The SMILES string of the molecule is Cn1cc(-c2ccc(F)c(F)c2-c2nc3cc(C(=O)N4CCOCC4)ccn3c2Cl)c(F)n1. The molecule has 1 amide bonds. The van der Waals surface area contributed by atoms with E-state index in [-0.39, 0.29) is 39.1 Å². The van der Waals surface area contributed by atoms with E-state index in [0.717, 1.165) is 6.07 Å². The van der Waals surface area contributed by atoms with Crippen LogP contribution in [-0.4, -0.2) is 56.3 Å². The number of rotatable bonds is 3. The number of amides is 1. The molecule has 0 unspecified atom stereocenters. The Hall–Kier alpha value is -3.37. The van der Waals surface area contributed by atoms with Crippen molar-refractivity contribution in [1.29, 1.82) is 0 Å². The molecule has 33 heavy (non-hydrogen) atoms. The van der Waals surface area contributed by atoms with E-state index in [2.05, 4.69) is 10.1 Å². The Labute approximate surface area is 191 Å². The van der Waals surface area contributed by atoms with Crippen LogP contribution >= 0.6 is 11.6 Å². The summed E-state index contributed by atoms with van der Waals surface area (Å²) in [5.41, 5.74) is 0.280. The summed E-state index contributed by atoms with van der Waals surface area (Å²) in [7, 11) is 1.51. The van der Waals surface area contributed by atoms with Gasteiger partial charge in [-0.15, -0.1) is 5.10 Å². The molecule has 7 nitrogen and oxygen atoms in total. The van der Waals surface area contributed by atoms with E-state index in [9.17, 15) is 13.6 Å². The van der Waals surface area contributed by atoms with Crippen molar-refractivity contribution < 1.29 is 22.7 Å². The molecule has 170 valence electrons. The van der Waals surface area contributed by atoms with Gasteiger partial charge in [0.25, 0.3) is 5.91 Å². The number of carbonyl (C=O) groups is 1. The van der Waals surface area contributed by atoms with Crippen molar-refractivity contribution in [2.24, 2.45) is 7.05 Å². The average molecular weight is 476 g/mol. The molecule has 1 saturated heterocycles. The molecule has 0 aliphatic carbocycles. The van der Waals surface area contributed by atoms with Crippen LogP contribution in [0.15, 0.2) is 36.7 Å². The lowest BCUT2D eigenvalue weighted by Crippen LogP contribution is -2.40. The summed E-state index contributed by atoms with van der Waals surface area (Å²) in [6.45, 7) is 1.86. The molecule has 11 heteroatoms. The lowest BCUT2D eigenvalue weighted by atomic mass is 9.99. The van der Waals surface area contributed by atoms with Gasteiger partial charge in [-0.05, 0) is 18.2 Å². The molecule has 5 rings (SSSR count). The summed E-state index contributed by atoms with van der Waals surface area (Å²) in [4.78, 5) is 18.9. The molecule has 1 aromatic carbocycles. The fourth-order valence-corrected chi connectivity index (χ4v) is 4.18. The number of halogens is 4. The van der Waals surface area contributed by atoms with Crippen LogP contribution < -0.4 is 0 Å². The summed E-state index contributed by atoms with van der Waals surface area (Å²) in [5.74, 6) is -3.39. The van der Waals surface area contributed by atoms with Gasteiger partial charge in [0, 0.05) is 43.7 Å². The second kappa shape index (κ2) is 8.20. The molecule has 1 fully saturated rings. The van der Waals surface area contributed by atoms with Gasteiger partial charge in [-0.1, -0.05) is 17.7 Å². The Balaban J connectivity index is 1.65. The molecular formula is C22H17ClF3N5O2. The molecule has 0 N–H and O–H groups in total. The van der Waals surface area contributed by atoms with Gasteiger partial charge < -0.3 is 9.64 Å². The summed E-state index contributed by atoms with van der Waals surface area (Å²) in [5, 5.41) is 3.63. The lowest BCUT2D eigenvalue weighted by molar-refractivity contribution is 0.0303. The fraction of sp³-hybridized carbons (Fsp3) is 0.227. The van der Waals surface area contributed by atoms with Crippen molar-refractivity contribution in [1.82, 2.24) is 24.1 Å². The number of aryl methyl sites for hydroxylation is 1. The molecule has 4 aromatic rings. The Morgan fingerprint density at radius 2 is 1.88 bits per heavy atom. The minimum Gasteiger partial charge on any atom is -0.378 e. The fourth-order valence-electron chi connectivity index (χ4n) is 3.90. The first-order chi connectivity index (χ1) is 15.8. The number of hydrogen-bond acceptors (Lipinski definition) is 4. The zero-order valence-electron chi connectivity index (χ0n) is 17.4. The minimum absolute atomic E-state index is 0.00887. The summed E-state index contributed by atoms with van der Waals surface area (Å²) >= 11 is 6.49. The van der Waals surface area contributed by atoms with Crippen molar-refractivity contribution >= 4 is 23.2 Å². The molecule has 4 heterocycles. The topological polar surface area (TPSA) is 64.7 Å². The van der Waals surface area contributed by atoms with E-state index < -0.39 is 17.6 Å². The maximum atomic E-state index is 15.0. The maximum Gasteiger partial charge on any atom is 0.254 e. The van der Waals surface area contributed by atoms with Crippen molar-refractivity contribution in [3.8, 4) is 22.4 Å². The average Bonchev–Trinajstić information content (AvgIpc) is 3.33. The highest BCUT2D eigenvalue weighted by Crippen LogP contribution is 2.39. The number of aromatic nitrogens is 4. The first-order valence-corrected chi connectivity index (χ1v) is 10.5. The normalized spacial score (nSPS) is 14.3. The molecule has 1 aliphatic rings. The van der Waals surface area contributed by atoms with Gasteiger partial charge in [-0.2, -0.15) is 4.39 Å². The molecule has 0 bridgehead atoms. The number of fused-ring (bicyclic) bond motifs is 1. The summed E-state index contributed by atoms with van der Waals surface area (Å²) in [6.07, 6.45) is 2.89. The number of nitrogens with zero attached hydrogens (tertiary/aromatic N) is 5. The summed E-state index contributed by atoms with van der Waals surface area (Å²) in [6, 6.07) is 5.26. The highest BCUT2D eigenvalue weighted by Gasteiger charge is 2.26. The Bertz CT molecular complexity index is 1390. The minimum atomic E-state index is -1.22. The molecule has 0 spiro atoms. The number of hydrogen-bond donors (Lipinski definition) is 0. The number of ether oxygens (including phenoxy) is 1. The van der Waals surface area contributed by atoms with E-state index >= 15 is 4.39 Å². The molecule has 0 radical (unpaired) electrons. The Morgan fingerprint density at radius 1 is 1.12 bits per heavy atom. The predicted molar refractivity (Wildman–Crippen MR) is 114 cm³/mol. The van der Waals surface area contributed by atoms with Gasteiger partial charge in [-0.25, -0.2) is 13.8 Å². The van der Waals surface area contributed by atoms with Crippen molar-refractivity contribution in [2.45, 2.75) is 0 Å². The number of benzene rings is 1. The third-order valence-corrected chi connectivity index (χ3v) is 5.88. The number of carbonyl (C=O) groups excluding carboxylic acids is 1. The van der Waals surface area contributed by atoms with Crippen LogP contribution in [0.3, 0.4) is 0 Å². The van der Waals surface area contributed by atoms with Crippen molar-refractivity contribution in [3.05, 3.63) is 65.0 Å². The van der Waals surface area contributed by atoms with Gasteiger partial charge in [0.05, 0.1) is 24.3 Å². The van der Waals surface area contributed by atoms with E-state index in [1.807, 2.05) is 0 Å². The quantitative estimate of drug-likeness (QED) is 0.450. The van der Waals surface area contributed by atoms with Crippen LogP contribution in [0.25, 0.3) is 28.0 Å². The van der Waals surface area contributed by atoms with Crippen molar-refractivity contribution in [3.63, 3.8) is 0 Å². The molecular weight excluding hydrogens is 459 g/mol. The van der Waals surface area contributed by atoms with Gasteiger partial charge in [0.2, 0.25) is 5.95 Å². The molecule has 0 atom stereocenters. The lowest BCUT2D eigenvalue weighted by Gasteiger charge is -2.26. The third kappa shape index (κ3) is 3.65. The summed E-state index contributed by atoms with van der Waals surface area (Å²) < 4.78 is 51.6. The second-order valence-corrected chi connectivity index (χ2v) is 7.95. The van der Waals surface area contributed by atoms with Crippen LogP contribution in [-0.2, 0) is 11.8 Å². The Kier molecular flexibility index (Phi) is 5.34. The van der Waals surface area contributed by atoms with Gasteiger partial charge in [0.1, 0.15) is 16.5 Å². The van der Waals surface area contributed by atoms with Crippen LogP contribution in [0.2, 0.25) is 5.15 Å². The van der Waals surface area contributed by atoms with E-state index in [1.165, 1.54) is 40.7 Å². The maximum absolute atomic E-state index is 15.0. The van der Waals surface area contributed by atoms with Crippen LogP contribution in [0.5, 0.6) is 0 Å². The van der Waals surface area contributed by atoms with Crippen molar-refractivity contribution in [2.75, 3.05) is 26.3 Å². The first kappa shape index (κ1) is 21.5. The molecule has 3 aromatic heterocycles. The zero-order chi connectivity index (χ0) is 23.3. The van der Waals surface area contributed by atoms with Crippen LogP contribution in [0.1, 0.15) is 10.4 Å². The van der Waals surface area contributed by atoms with Gasteiger partial charge in [-0.3, -0.25) is 13.9 Å². The number of imidazole rings is 1. The smallest absolute Gasteiger partial charge is 0.254 e. The highest BCUT2D eigenvalue weighted by atomic mass is 35.5. The molecule has 1 aliphatic heterocycles. The monoisotopic (exact) mass is 475 g/mol. The Morgan fingerprint density at radius 3 is 2.58 bits per heavy atom. The number of morpholine rings is 1. The zero-order valence-corrected chi connectivity index (χ0v) is 18.1. The van der Waals surface area contributed by atoms with E-state index in [1.54, 1.807) is 11.0 Å². The van der Waals surface area contributed by atoms with E-state index in [0.29, 0.717) is 31.9 Å². The van der Waals surface area contributed by atoms with Crippen LogP contribution in [0.4, 0.5) is 13.2 Å².